The van der Waals surface area contributed by atoms with E-state index < -0.39 is 53.2 Å². The molecule has 0 aromatic heterocycles. The van der Waals surface area contributed by atoms with E-state index in [0.29, 0.717) is 18.7 Å². The molecule has 1 aromatic carbocycles. The quantitative estimate of drug-likeness (QED) is 0.245. The Morgan fingerprint density at radius 1 is 1.14 bits per heavy atom. The number of aromatic carboxylic acids is 1. The van der Waals surface area contributed by atoms with Gasteiger partial charge in [0.25, 0.3) is 0 Å². The zero-order valence-corrected chi connectivity index (χ0v) is 28.2. The zero-order chi connectivity index (χ0) is 25.2. The molecular weight excluding hydrogens is 535 g/mol. The van der Waals surface area contributed by atoms with Gasteiger partial charge in [-0.1, -0.05) is 19.1 Å². The number of benzene rings is 1. The molecule has 184 valence electrons. The molecule has 1 amide bonds. The molecule has 0 aliphatic carbocycles. The maximum atomic E-state index is 12.6. The minimum atomic E-state index is -1.51. The van der Waals surface area contributed by atoms with Crippen LogP contribution >= 0.6 is 11.8 Å². The second-order valence-corrected chi connectivity index (χ2v) is 9.92. The molecule has 0 spiro atoms. The Morgan fingerprint density at radius 2 is 1.78 bits per heavy atom. The Kier molecular flexibility index (Phi) is 16.4. The van der Waals surface area contributed by atoms with Gasteiger partial charge in [-0.25, -0.2) is 0 Å². The number of nitrogens with one attached hydrogen (secondary N) is 2. The van der Waals surface area contributed by atoms with Crippen LogP contribution in [0.25, 0.3) is 0 Å². The summed E-state index contributed by atoms with van der Waals surface area (Å²) < 4.78 is 0. The molecule has 0 saturated carbocycles. The number of amides is 1. The average molecular weight is 559 g/mol. The summed E-state index contributed by atoms with van der Waals surface area (Å²) in [5.41, 5.74) is -0.0485. The van der Waals surface area contributed by atoms with Gasteiger partial charge >= 0.3 is 88.7 Å². The van der Waals surface area contributed by atoms with Crippen LogP contribution in [0.5, 0.6) is 0 Å². The summed E-state index contributed by atoms with van der Waals surface area (Å²) in [5, 5.41) is 48.9. The molecule has 0 radical (unpaired) electrons. The summed E-state index contributed by atoms with van der Waals surface area (Å²) in [4.78, 5) is 50.9. The predicted octanol–water partition coefficient (Wildman–Crippen LogP) is -12.2. The van der Waals surface area contributed by atoms with Gasteiger partial charge in [0.1, 0.15) is 0 Å². The summed E-state index contributed by atoms with van der Waals surface area (Å²) in [7, 11) is 0. The summed E-state index contributed by atoms with van der Waals surface area (Å²) in [6, 6.07) is 4.07. The number of rotatable bonds is 9. The van der Waals surface area contributed by atoms with Crippen LogP contribution in [0.3, 0.4) is 0 Å². The van der Waals surface area contributed by atoms with Gasteiger partial charge in [-0.15, -0.1) is 11.8 Å². The predicted molar refractivity (Wildman–Crippen MR) is 117 cm³/mol. The van der Waals surface area contributed by atoms with Crippen molar-refractivity contribution in [2.75, 3.05) is 11.9 Å². The van der Waals surface area contributed by atoms with E-state index in [1.54, 1.807) is 13.0 Å². The van der Waals surface area contributed by atoms with Gasteiger partial charge in [-0.05, 0) is 37.0 Å². The zero-order valence-electron chi connectivity index (χ0n) is 21.4. The van der Waals surface area contributed by atoms with Crippen LogP contribution in [-0.2, 0) is 14.4 Å². The number of aliphatic carboxylic acids is 2. The average Bonchev–Trinajstić information content (AvgIpc) is 3.34. The topological polar surface area (TPSA) is 194 Å². The van der Waals surface area contributed by atoms with E-state index in [4.69, 9.17) is 0 Å². The first kappa shape index (κ1) is 37.0. The number of hydrogen-bond acceptors (Lipinski definition) is 11. The number of anilines is 1. The van der Waals surface area contributed by atoms with Gasteiger partial charge in [0, 0.05) is 29.4 Å². The smallest absolute Gasteiger partial charge is 0.550 e. The van der Waals surface area contributed by atoms with Crippen LogP contribution in [0.1, 0.15) is 30.6 Å². The van der Waals surface area contributed by atoms with Crippen molar-refractivity contribution in [1.82, 2.24) is 5.32 Å². The molecule has 1 fully saturated rings. The largest absolute Gasteiger partial charge is 1.00 e. The number of aliphatic imine (C=N–C) groups is 1. The molecule has 15 heteroatoms. The van der Waals surface area contributed by atoms with E-state index in [-0.39, 0.29) is 111 Å². The fourth-order valence-electron chi connectivity index (χ4n) is 4.33. The summed E-state index contributed by atoms with van der Waals surface area (Å²) in [5.74, 6) is -6.67. The molecule has 2 aliphatic rings. The third-order valence-corrected chi connectivity index (χ3v) is 7.74. The Bertz CT molecular complexity index is 1030. The number of hydrogen-bond donors (Lipinski definition) is 3. The number of carboxylic acid groups (broad SMARTS) is 3. The van der Waals surface area contributed by atoms with Crippen molar-refractivity contribution < 1.29 is 128 Å². The van der Waals surface area contributed by atoms with Crippen LogP contribution in [0.15, 0.2) is 29.3 Å². The number of carboxylic acids is 3. The second-order valence-electron chi connectivity index (χ2n) is 8.47. The van der Waals surface area contributed by atoms with Crippen LogP contribution in [0.4, 0.5) is 5.69 Å². The van der Waals surface area contributed by atoms with Crippen LogP contribution in [0.2, 0.25) is 0 Å². The van der Waals surface area contributed by atoms with Gasteiger partial charge in [-0.3, -0.25) is 9.79 Å². The molecule has 1 aromatic rings. The minimum absolute atomic E-state index is 0. The number of carbonyl (C=O) groups is 4. The molecule has 0 bridgehead atoms. The molecule has 37 heavy (non-hydrogen) atoms. The Hall–Kier alpha value is 0.0400. The summed E-state index contributed by atoms with van der Waals surface area (Å²) >= 11 is 1.26. The Balaban J connectivity index is 0.00000432. The van der Waals surface area contributed by atoms with E-state index in [9.17, 15) is 39.6 Å². The summed E-state index contributed by atoms with van der Waals surface area (Å²) in [6.07, 6.45) is -0.935. The monoisotopic (exact) mass is 559 g/mol. The fourth-order valence-corrected chi connectivity index (χ4v) is 5.94. The van der Waals surface area contributed by atoms with Crippen LogP contribution in [-0.4, -0.2) is 69.9 Å². The third kappa shape index (κ3) is 9.29. The van der Waals surface area contributed by atoms with E-state index >= 15 is 0 Å². The number of nitrogens with zero attached hydrogens (tertiary/aromatic N) is 1. The van der Waals surface area contributed by atoms with E-state index in [1.807, 2.05) is 0 Å². The molecule has 2 aliphatic heterocycles. The SMILES string of the molecule is C[C@@H](O)[C@@H](C(=O)[O-])[C@@H]1N=C(C(=O)[O-])C(S[C@@H]2CN[C@H](C(=O)Nc3cccc(C(=O)[O-])c3)C2)[C@@H]1C.[Na+].[Na+].[Na+]. The van der Waals surface area contributed by atoms with Crippen molar-refractivity contribution in [3.8, 4) is 0 Å². The van der Waals surface area contributed by atoms with Crippen molar-refractivity contribution in [3.05, 3.63) is 29.8 Å². The van der Waals surface area contributed by atoms with Gasteiger partial charge < -0.3 is 45.4 Å². The van der Waals surface area contributed by atoms with Crippen molar-refractivity contribution in [3.63, 3.8) is 0 Å². The second kappa shape index (κ2) is 16.3. The standard InChI is InChI=1S/C22H27N3O8S.3Na/c1-9-16(15(10(2)26)21(30)31)25-17(22(32)33)18(9)34-13-7-14(23-8-13)19(27)24-12-5-3-4-11(6-12)20(28)29;;;/h3-6,9-10,13-16,18,23,26H,7-8H2,1-2H3,(H,24,27)(H,28,29)(H,30,31)(H,32,33);;;/q;3*+1/p-3/t9-,10-,13+,14+,15-,16-,18?;;;/m1.../s1. The van der Waals surface area contributed by atoms with Crippen LogP contribution in [0, 0.1) is 11.8 Å². The molecule has 7 atom stereocenters. The van der Waals surface area contributed by atoms with Crippen molar-refractivity contribution in [2.24, 2.45) is 16.8 Å². The Labute approximate surface area is 284 Å². The molecule has 11 nitrogen and oxygen atoms in total. The number of aliphatic hydroxyl groups excluding tert-OH is 1. The molecule has 2 heterocycles. The van der Waals surface area contributed by atoms with Crippen LogP contribution < -0.4 is 115 Å². The van der Waals surface area contributed by atoms with Crippen molar-refractivity contribution in [2.45, 2.75) is 49.0 Å². The fraction of sp³-hybridized carbons (Fsp3) is 0.500. The molecule has 1 unspecified atom stereocenters. The van der Waals surface area contributed by atoms with E-state index in [2.05, 4.69) is 15.6 Å². The summed E-state index contributed by atoms with van der Waals surface area (Å²) in [6.45, 7) is 3.34. The van der Waals surface area contributed by atoms with Crippen molar-refractivity contribution in [1.29, 1.82) is 0 Å². The number of carbonyl (C=O) groups excluding carboxylic acids is 4. The van der Waals surface area contributed by atoms with Crippen molar-refractivity contribution >= 4 is 47.0 Å². The first-order valence-electron chi connectivity index (χ1n) is 10.7. The van der Waals surface area contributed by atoms with Gasteiger partial charge in [0.2, 0.25) is 5.91 Å². The molecular formula is C22H24N3Na3O8S. The molecule has 3 N–H and O–H groups in total. The number of aliphatic hydroxyl groups is 1. The number of thioether (sulfide) groups is 1. The van der Waals surface area contributed by atoms with Gasteiger partial charge in [-0.2, -0.15) is 0 Å². The normalized spacial score (nSPS) is 25.8. The first-order valence-corrected chi connectivity index (χ1v) is 11.6. The molecule has 1 saturated heterocycles. The maximum absolute atomic E-state index is 12.6. The van der Waals surface area contributed by atoms with E-state index in [0.717, 1.165) is 0 Å². The van der Waals surface area contributed by atoms with E-state index in [1.165, 1.54) is 36.9 Å². The third-order valence-electron chi connectivity index (χ3n) is 6.05. The first-order chi connectivity index (χ1) is 16.0. The molecule has 3 rings (SSSR count). The minimum Gasteiger partial charge on any atom is -0.550 e. The van der Waals surface area contributed by atoms with Gasteiger partial charge in [0.15, 0.2) is 0 Å². The Morgan fingerprint density at radius 3 is 2.32 bits per heavy atom. The maximum Gasteiger partial charge on any atom is 1.00 e. The van der Waals surface area contributed by atoms with Gasteiger partial charge in [0.05, 0.1) is 41.1 Å².